The number of urea groups is 1. The van der Waals surface area contributed by atoms with Gasteiger partial charge in [-0.2, -0.15) is 5.10 Å². The van der Waals surface area contributed by atoms with Gasteiger partial charge in [0.25, 0.3) is 0 Å². The molecule has 4 N–H and O–H groups in total. The highest BCUT2D eigenvalue weighted by Gasteiger charge is 2.28. The lowest BCUT2D eigenvalue weighted by Crippen LogP contribution is -2.40. The molecule has 23 heavy (non-hydrogen) atoms. The number of aromatic nitrogens is 2. The zero-order valence-corrected chi connectivity index (χ0v) is 12.7. The summed E-state index contributed by atoms with van der Waals surface area (Å²) in [6.07, 6.45) is 0. The monoisotopic (exact) mass is 307 g/mol. The van der Waals surface area contributed by atoms with E-state index in [4.69, 9.17) is 5.73 Å². The summed E-state index contributed by atoms with van der Waals surface area (Å²) in [6.45, 7) is 2.57. The summed E-state index contributed by atoms with van der Waals surface area (Å²) in [4.78, 5) is 14.3. The van der Waals surface area contributed by atoms with Crippen LogP contribution in [0, 0.1) is 0 Å². The maximum atomic E-state index is 12.5. The number of benzene rings is 2. The Labute approximate surface area is 133 Å². The fourth-order valence-corrected chi connectivity index (χ4v) is 3.04. The predicted molar refractivity (Wildman–Crippen MR) is 89.9 cm³/mol. The molecule has 2 aromatic carbocycles. The molecule has 116 valence electrons. The number of fused-ring (bicyclic) bond motifs is 2. The number of carbonyl (C=O) groups excluding carboxylic acids is 1. The Hall–Kier alpha value is -3.02. The lowest BCUT2D eigenvalue weighted by molar-refractivity contribution is 0.186. The number of hydrogen-bond donors (Lipinski definition) is 3. The average molecular weight is 307 g/mol. The maximum absolute atomic E-state index is 12.5. The van der Waals surface area contributed by atoms with Crippen molar-refractivity contribution >= 4 is 28.4 Å². The largest absolute Gasteiger partial charge is 0.382 e. The summed E-state index contributed by atoms with van der Waals surface area (Å²) >= 11 is 0. The number of carbonyl (C=O) groups is 1. The Bertz CT molecular complexity index is 887. The average Bonchev–Trinajstić information content (AvgIpc) is 2.93. The normalized spacial score (nSPS) is 15.3. The van der Waals surface area contributed by atoms with Gasteiger partial charge in [0.05, 0.1) is 18.1 Å². The van der Waals surface area contributed by atoms with Crippen LogP contribution in [-0.2, 0) is 6.54 Å². The molecule has 2 heterocycles. The Kier molecular flexibility index (Phi) is 2.97. The Morgan fingerprint density at radius 1 is 1.26 bits per heavy atom. The van der Waals surface area contributed by atoms with Crippen molar-refractivity contribution in [3.63, 3.8) is 0 Å². The van der Waals surface area contributed by atoms with Crippen LogP contribution in [-0.4, -0.2) is 21.1 Å². The number of nitrogen functional groups attached to an aromatic ring is 1. The third kappa shape index (κ3) is 2.19. The van der Waals surface area contributed by atoms with Crippen LogP contribution in [0.2, 0.25) is 0 Å². The first kappa shape index (κ1) is 13.6. The molecule has 6 heteroatoms. The van der Waals surface area contributed by atoms with Crippen molar-refractivity contribution in [2.75, 3.05) is 11.1 Å². The zero-order valence-electron chi connectivity index (χ0n) is 12.7. The van der Waals surface area contributed by atoms with Crippen molar-refractivity contribution in [3.8, 4) is 0 Å². The fraction of sp³-hybridized carbons (Fsp3) is 0.176. The minimum atomic E-state index is -0.0966. The first-order valence-electron chi connectivity index (χ1n) is 7.52. The molecule has 0 unspecified atom stereocenters. The highest BCUT2D eigenvalue weighted by atomic mass is 16.2. The van der Waals surface area contributed by atoms with E-state index in [9.17, 15) is 4.79 Å². The standard InChI is InChI=1S/C17H17N5O/c1-10(11-5-3-2-4-6-11)22-9-12-7-13-15(20-21-16(13)18)8-14(12)19-17(22)23/h2-8,10H,9H2,1H3,(H,19,23)(H3,18,20,21)/t10-/m1/s1. The smallest absolute Gasteiger partial charge is 0.322 e. The Balaban J connectivity index is 1.72. The van der Waals surface area contributed by atoms with E-state index < -0.39 is 0 Å². The van der Waals surface area contributed by atoms with Crippen molar-refractivity contribution in [1.82, 2.24) is 15.1 Å². The van der Waals surface area contributed by atoms with E-state index in [1.54, 1.807) is 0 Å². The van der Waals surface area contributed by atoms with E-state index >= 15 is 0 Å². The van der Waals surface area contributed by atoms with Gasteiger partial charge in [0, 0.05) is 11.1 Å². The number of anilines is 2. The van der Waals surface area contributed by atoms with Gasteiger partial charge in [-0.3, -0.25) is 5.10 Å². The summed E-state index contributed by atoms with van der Waals surface area (Å²) in [5, 5.41) is 10.7. The minimum absolute atomic E-state index is 0.0123. The molecule has 0 aliphatic carbocycles. The van der Waals surface area contributed by atoms with Gasteiger partial charge in [0.15, 0.2) is 5.82 Å². The molecule has 1 atom stereocenters. The number of aromatic amines is 1. The van der Waals surface area contributed by atoms with Gasteiger partial charge in [0.2, 0.25) is 0 Å². The number of nitrogens with zero attached hydrogens (tertiary/aromatic N) is 2. The van der Waals surface area contributed by atoms with E-state index in [1.807, 2.05) is 54.3 Å². The van der Waals surface area contributed by atoms with Crippen molar-refractivity contribution < 1.29 is 4.79 Å². The molecule has 0 bridgehead atoms. The van der Waals surface area contributed by atoms with Crippen molar-refractivity contribution in [2.24, 2.45) is 0 Å². The highest BCUT2D eigenvalue weighted by molar-refractivity contribution is 5.98. The van der Waals surface area contributed by atoms with Crippen LogP contribution in [0.25, 0.3) is 10.9 Å². The van der Waals surface area contributed by atoms with Gasteiger partial charge in [0.1, 0.15) is 0 Å². The molecule has 1 aliphatic rings. The van der Waals surface area contributed by atoms with E-state index in [-0.39, 0.29) is 12.1 Å². The number of hydrogen-bond acceptors (Lipinski definition) is 3. The summed E-state index contributed by atoms with van der Waals surface area (Å²) in [7, 11) is 0. The third-order valence-corrected chi connectivity index (χ3v) is 4.41. The molecule has 0 spiro atoms. The van der Waals surface area contributed by atoms with Crippen LogP contribution >= 0.6 is 0 Å². The molecule has 1 aliphatic heterocycles. The van der Waals surface area contributed by atoms with Crippen LogP contribution in [0.3, 0.4) is 0 Å². The van der Waals surface area contributed by atoms with Gasteiger partial charge in [-0.25, -0.2) is 4.79 Å². The molecule has 0 saturated carbocycles. The van der Waals surface area contributed by atoms with Gasteiger partial charge < -0.3 is 16.0 Å². The van der Waals surface area contributed by atoms with Crippen LogP contribution in [0.5, 0.6) is 0 Å². The molecule has 0 saturated heterocycles. The maximum Gasteiger partial charge on any atom is 0.322 e. The lowest BCUT2D eigenvalue weighted by atomic mass is 10.0. The number of nitrogens with one attached hydrogen (secondary N) is 2. The van der Waals surface area contributed by atoms with Crippen LogP contribution < -0.4 is 11.1 Å². The van der Waals surface area contributed by atoms with Crippen LogP contribution in [0.4, 0.5) is 16.3 Å². The highest BCUT2D eigenvalue weighted by Crippen LogP contribution is 2.33. The fourth-order valence-electron chi connectivity index (χ4n) is 3.04. The van der Waals surface area contributed by atoms with Gasteiger partial charge in [-0.15, -0.1) is 0 Å². The van der Waals surface area contributed by atoms with E-state index in [0.29, 0.717) is 12.4 Å². The number of amides is 2. The lowest BCUT2D eigenvalue weighted by Gasteiger charge is -2.34. The van der Waals surface area contributed by atoms with Crippen molar-refractivity contribution in [2.45, 2.75) is 19.5 Å². The van der Waals surface area contributed by atoms with Crippen LogP contribution in [0.15, 0.2) is 42.5 Å². The third-order valence-electron chi connectivity index (χ3n) is 4.41. The SMILES string of the molecule is C[C@H](c1ccccc1)N1Cc2cc3c(N)n[nH]c3cc2NC1=O. The van der Waals surface area contributed by atoms with Gasteiger partial charge >= 0.3 is 6.03 Å². The Morgan fingerprint density at radius 2 is 2.04 bits per heavy atom. The molecule has 4 rings (SSSR count). The summed E-state index contributed by atoms with van der Waals surface area (Å²) < 4.78 is 0. The first-order chi connectivity index (χ1) is 11.1. The minimum Gasteiger partial charge on any atom is -0.382 e. The summed E-state index contributed by atoms with van der Waals surface area (Å²) in [5.41, 5.74) is 9.65. The van der Waals surface area contributed by atoms with E-state index in [2.05, 4.69) is 15.5 Å². The molecular weight excluding hydrogens is 290 g/mol. The Morgan fingerprint density at radius 3 is 2.83 bits per heavy atom. The topological polar surface area (TPSA) is 87.0 Å². The summed E-state index contributed by atoms with van der Waals surface area (Å²) in [5.74, 6) is 0.474. The number of rotatable bonds is 2. The molecule has 6 nitrogen and oxygen atoms in total. The second-order valence-electron chi connectivity index (χ2n) is 5.81. The molecule has 0 radical (unpaired) electrons. The second-order valence-corrected chi connectivity index (χ2v) is 5.81. The van der Waals surface area contributed by atoms with E-state index in [1.165, 1.54) is 0 Å². The first-order valence-corrected chi connectivity index (χ1v) is 7.52. The molecule has 3 aromatic rings. The van der Waals surface area contributed by atoms with Crippen LogP contribution in [0.1, 0.15) is 24.1 Å². The van der Waals surface area contributed by atoms with Gasteiger partial charge in [-0.1, -0.05) is 30.3 Å². The van der Waals surface area contributed by atoms with Crippen molar-refractivity contribution in [3.05, 3.63) is 53.6 Å². The molecule has 1 aromatic heterocycles. The second kappa shape index (κ2) is 5.01. The predicted octanol–water partition coefficient (Wildman–Crippen LogP) is 3.25. The molecule has 2 amide bonds. The molecular formula is C17H17N5O. The summed E-state index contributed by atoms with van der Waals surface area (Å²) in [6, 6.07) is 13.8. The van der Waals surface area contributed by atoms with Crippen molar-refractivity contribution in [1.29, 1.82) is 0 Å². The zero-order chi connectivity index (χ0) is 16.0. The number of H-pyrrole nitrogens is 1. The molecule has 0 fully saturated rings. The van der Waals surface area contributed by atoms with E-state index in [0.717, 1.165) is 27.7 Å². The quantitative estimate of drug-likeness (QED) is 0.679. The number of nitrogens with two attached hydrogens (primary N) is 1. The van der Waals surface area contributed by atoms with Gasteiger partial charge in [-0.05, 0) is 30.2 Å².